The minimum absolute atomic E-state index is 0.107. The smallest absolute Gasteiger partial charge is 0.229 e. The minimum atomic E-state index is -0.107. The van der Waals surface area contributed by atoms with Crippen LogP contribution in [0.1, 0.15) is 19.4 Å². The van der Waals surface area contributed by atoms with Crippen molar-refractivity contribution in [1.82, 2.24) is 9.97 Å². The van der Waals surface area contributed by atoms with Gasteiger partial charge in [0.25, 0.3) is 0 Å². The Morgan fingerprint density at radius 2 is 1.81 bits per heavy atom. The van der Waals surface area contributed by atoms with Gasteiger partial charge in [-0.15, -0.1) is 0 Å². The van der Waals surface area contributed by atoms with E-state index in [4.69, 9.17) is 0 Å². The van der Waals surface area contributed by atoms with Gasteiger partial charge in [-0.25, -0.2) is 4.98 Å². The van der Waals surface area contributed by atoms with Gasteiger partial charge in [0.15, 0.2) is 0 Å². The highest BCUT2D eigenvalue weighted by Gasteiger charge is 2.09. The van der Waals surface area contributed by atoms with Crippen LogP contribution >= 0.6 is 0 Å². The molecule has 0 aliphatic heterocycles. The fourth-order valence-corrected chi connectivity index (χ4v) is 2.75. The van der Waals surface area contributed by atoms with E-state index in [0.29, 0.717) is 5.95 Å². The van der Waals surface area contributed by atoms with Crippen molar-refractivity contribution in [1.29, 1.82) is 0 Å². The normalized spacial score (nSPS) is 10.3. The van der Waals surface area contributed by atoms with Gasteiger partial charge in [0, 0.05) is 37.6 Å². The molecule has 3 aromatic rings. The maximum absolute atomic E-state index is 11.2. The largest absolute Gasteiger partial charge is 0.352 e. The zero-order chi connectivity index (χ0) is 19.1. The number of amides is 1. The first-order valence-electron chi connectivity index (χ1n) is 8.90. The average Bonchev–Trinajstić information content (AvgIpc) is 2.67. The third-order valence-electron chi connectivity index (χ3n) is 4.00. The molecule has 0 radical (unpaired) electrons. The standard InChI is InChI=1S/C21H23N5O/c1-3-26(15-17-8-5-4-6-9-17)20-12-13-22-21(25-20)24-19-11-7-10-18(14-19)23-16(2)27/h4-14H,3,15H2,1-2H3,(H,23,27)(H,22,24,25). The monoisotopic (exact) mass is 361 g/mol. The second-order valence-electron chi connectivity index (χ2n) is 6.13. The molecule has 0 aliphatic rings. The van der Waals surface area contributed by atoms with Crippen LogP contribution in [-0.4, -0.2) is 22.4 Å². The van der Waals surface area contributed by atoms with E-state index in [1.54, 1.807) is 6.20 Å². The molecular weight excluding hydrogens is 338 g/mol. The van der Waals surface area contributed by atoms with Gasteiger partial charge >= 0.3 is 0 Å². The van der Waals surface area contributed by atoms with Crippen LogP contribution in [0.15, 0.2) is 66.9 Å². The molecule has 0 fully saturated rings. The van der Waals surface area contributed by atoms with E-state index >= 15 is 0 Å². The van der Waals surface area contributed by atoms with Gasteiger partial charge in [0.2, 0.25) is 11.9 Å². The molecule has 6 heteroatoms. The topological polar surface area (TPSA) is 70.2 Å². The Balaban J connectivity index is 1.75. The second-order valence-corrected chi connectivity index (χ2v) is 6.13. The van der Waals surface area contributed by atoms with Gasteiger partial charge in [-0.1, -0.05) is 36.4 Å². The molecule has 0 saturated heterocycles. The highest BCUT2D eigenvalue weighted by atomic mass is 16.1. The van der Waals surface area contributed by atoms with Gasteiger partial charge in [0.1, 0.15) is 5.82 Å². The molecule has 1 aromatic heterocycles. The Morgan fingerprint density at radius 1 is 1.04 bits per heavy atom. The van der Waals surface area contributed by atoms with Crippen LogP contribution in [0.2, 0.25) is 0 Å². The summed E-state index contributed by atoms with van der Waals surface area (Å²) < 4.78 is 0. The summed E-state index contributed by atoms with van der Waals surface area (Å²) >= 11 is 0. The molecule has 2 aromatic carbocycles. The van der Waals surface area contributed by atoms with Crippen LogP contribution in [0, 0.1) is 0 Å². The van der Waals surface area contributed by atoms with E-state index in [2.05, 4.69) is 44.6 Å². The van der Waals surface area contributed by atoms with Gasteiger partial charge in [-0.3, -0.25) is 4.79 Å². The molecule has 0 aliphatic carbocycles. The summed E-state index contributed by atoms with van der Waals surface area (Å²) in [5.74, 6) is 1.26. The average molecular weight is 361 g/mol. The van der Waals surface area contributed by atoms with Crippen LogP contribution in [-0.2, 0) is 11.3 Å². The lowest BCUT2D eigenvalue weighted by molar-refractivity contribution is -0.114. The Labute approximate surface area is 159 Å². The number of benzene rings is 2. The lowest BCUT2D eigenvalue weighted by Gasteiger charge is -2.22. The summed E-state index contributed by atoms with van der Waals surface area (Å²) in [4.78, 5) is 22.4. The Morgan fingerprint density at radius 3 is 2.56 bits per heavy atom. The molecule has 27 heavy (non-hydrogen) atoms. The number of anilines is 4. The number of nitrogens with one attached hydrogen (secondary N) is 2. The highest BCUT2D eigenvalue weighted by molar-refractivity contribution is 5.89. The molecule has 0 unspecified atom stereocenters. The Bertz CT molecular complexity index is 898. The van der Waals surface area contributed by atoms with Crippen LogP contribution < -0.4 is 15.5 Å². The molecular formula is C21H23N5O. The van der Waals surface area contributed by atoms with Crippen molar-refractivity contribution >= 4 is 29.0 Å². The molecule has 0 spiro atoms. The van der Waals surface area contributed by atoms with Gasteiger partial charge in [0.05, 0.1) is 0 Å². The van der Waals surface area contributed by atoms with Crippen molar-refractivity contribution in [3.63, 3.8) is 0 Å². The third kappa shape index (κ3) is 5.28. The van der Waals surface area contributed by atoms with E-state index in [-0.39, 0.29) is 5.91 Å². The fourth-order valence-electron chi connectivity index (χ4n) is 2.75. The summed E-state index contributed by atoms with van der Waals surface area (Å²) in [6.07, 6.45) is 1.75. The van der Waals surface area contributed by atoms with Crippen LogP contribution in [0.25, 0.3) is 0 Å². The predicted molar refractivity (Wildman–Crippen MR) is 109 cm³/mol. The quantitative estimate of drug-likeness (QED) is 0.660. The van der Waals surface area contributed by atoms with Crippen molar-refractivity contribution in [3.05, 3.63) is 72.4 Å². The molecule has 2 N–H and O–H groups in total. The predicted octanol–water partition coefficient (Wildman–Crippen LogP) is 4.21. The van der Waals surface area contributed by atoms with Gasteiger partial charge < -0.3 is 15.5 Å². The zero-order valence-electron chi connectivity index (χ0n) is 15.5. The highest BCUT2D eigenvalue weighted by Crippen LogP contribution is 2.20. The maximum Gasteiger partial charge on any atom is 0.229 e. The maximum atomic E-state index is 11.2. The fraction of sp³-hybridized carbons (Fsp3) is 0.190. The molecule has 0 bridgehead atoms. The minimum Gasteiger partial charge on any atom is -0.352 e. The van der Waals surface area contributed by atoms with Crippen molar-refractivity contribution in [2.45, 2.75) is 20.4 Å². The lowest BCUT2D eigenvalue weighted by Crippen LogP contribution is -2.23. The SMILES string of the molecule is CCN(Cc1ccccc1)c1ccnc(Nc2cccc(NC(C)=O)c2)n1. The van der Waals surface area contributed by atoms with Gasteiger partial charge in [-0.05, 0) is 36.8 Å². The number of aromatic nitrogens is 2. The van der Waals surface area contributed by atoms with Crippen molar-refractivity contribution in [2.24, 2.45) is 0 Å². The molecule has 138 valence electrons. The number of hydrogen-bond donors (Lipinski definition) is 2. The number of hydrogen-bond acceptors (Lipinski definition) is 5. The van der Waals surface area contributed by atoms with E-state index in [1.807, 2.05) is 48.5 Å². The Hall–Kier alpha value is -3.41. The van der Waals surface area contributed by atoms with Crippen LogP contribution in [0.3, 0.4) is 0 Å². The summed E-state index contributed by atoms with van der Waals surface area (Å²) in [5.41, 5.74) is 2.77. The first-order valence-corrected chi connectivity index (χ1v) is 8.90. The first-order chi connectivity index (χ1) is 13.1. The van der Waals surface area contributed by atoms with E-state index in [1.165, 1.54) is 12.5 Å². The summed E-state index contributed by atoms with van der Waals surface area (Å²) in [6, 6.07) is 19.7. The van der Waals surface area contributed by atoms with Gasteiger partial charge in [-0.2, -0.15) is 4.98 Å². The molecule has 1 amide bonds. The van der Waals surface area contributed by atoms with Crippen molar-refractivity contribution in [2.75, 3.05) is 22.1 Å². The van der Waals surface area contributed by atoms with E-state index in [0.717, 1.165) is 30.3 Å². The number of nitrogens with zero attached hydrogens (tertiary/aromatic N) is 3. The summed E-state index contributed by atoms with van der Waals surface area (Å²) in [7, 11) is 0. The molecule has 1 heterocycles. The van der Waals surface area contributed by atoms with Crippen LogP contribution in [0.4, 0.5) is 23.1 Å². The molecule has 0 atom stereocenters. The number of carbonyl (C=O) groups excluding carboxylic acids is 1. The third-order valence-corrected chi connectivity index (χ3v) is 4.00. The zero-order valence-corrected chi connectivity index (χ0v) is 15.5. The number of rotatable bonds is 7. The van der Waals surface area contributed by atoms with Crippen molar-refractivity contribution < 1.29 is 4.79 Å². The molecule has 6 nitrogen and oxygen atoms in total. The number of carbonyl (C=O) groups is 1. The summed E-state index contributed by atoms with van der Waals surface area (Å²) in [5, 5.41) is 5.97. The molecule has 0 saturated carbocycles. The van der Waals surface area contributed by atoms with E-state index in [9.17, 15) is 4.79 Å². The second kappa shape index (κ2) is 8.80. The van der Waals surface area contributed by atoms with Crippen molar-refractivity contribution in [3.8, 4) is 0 Å². The summed E-state index contributed by atoms with van der Waals surface area (Å²) in [6.45, 7) is 5.21. The lowest BCUT2D eigenvalue weighted by atomic mass is 10.2. The Kier molecular flexibility index (Phi) is 5.99. The molecule has 3 rings (SSSR count). The van der Waals surface area contributed by atoms with Crippen LogP contribution in [0.5, 0.6) is 0 Å². The van der Waals surface area contributed by atoms with E-state index < -0.39 is 0 Å². The first kappa shape index (κ1) is 18.4.